The maximum absolute atomic E-state index is 5.31. The van der Waals surface area contributed by atoms with Crippen molar-refractivity contribution in [3.05, 3.63) is 6.33 Å². The number of halogens is 1. The van der Waals surface area contributed by atoms with Crippen LogP contribution in [0, 0.1) is 0 Å². The van der Waals surface area contributed by atoms with Gasteiger partial charge in [-0.1, -0.05) is 0 Å². The maximum atomic E-state index is 5.31. The number of aromatic nitrogens is 2. The van der Waals surface area contributed by atoms with Crippen LogP contribution in [0.5, 0.6) is 0 Å². The van der Waals surface area contributed by atoms with Crippen molar-refractivity contribution in [1.29, 1.82) is 0 Å². The maximum Gasteiger partial charge on any atom is 0.152 e. The number of rotatable bonds is 0. The van der Waals surface area contributed by atoms with Gasteiger partial charge in [-0.3, -0.25) is 0 Å². The Morgan fingerprint density at radius 2 is 1.36 bits per heavy atom. The molecule has 1 rings (SSSR count). The molecule has 1 aromatic heterocycles. The fourth-order valence-corrected chi connectivity index (χ4v) is 0.424. The molecule has 7 heteroatoms. The molecular weight excluding hydrogens is 349 g/mol. The summed E-state index contributed by atoms with van der Waals surface area (Å²) in [5.41, 5.74) is 16.1. The third-order valence-electron chi connectivity index (χ3n) is 0.946. The fourth-order valence-electron chi connectivity index (χ4n) is 0.424. The van der Waals surface area contributed by atoms with E-state index in [9.17, 15) is 0 Å². The molecule has 6 N–H and O–H groups in total. The van der Waals surface area contributed by atoms with Crippen LogP contribution in [-0.2, 0) is 21.1 Å². The van der Waals surface area contributed by atoms with Crippen molar-refractivity contribution in [3.8, 4) is 0 Å². The first-order chi connectivity index (χ1) is 4.22. The number of nitrogens with two attached hydrogens (primary N) is 3. The van der Waals surface area contributed by atoms with Gasteiger partial charge >= 0.3 is 0 Å². The summed E-state index contributed by atoms with van der Waals surface area (Å²) in [6, 6.07) is 0. The zero-order chi connectivity index (χ0) is 6.85. The normalized spacial score (nSPS) is 7.64. The van der Waals surface area contributed by atoms with Crippen molar-refractivity contribution in [2.45, 2.75) is 0 Å². The van der Waals surface area contributed by atoms with E-state index in [-0.39, 0.29) is 50.8 Å². The molecule has 0 aliphatic carbocycles. The Kier molecular flexibility index (Phi) is 6.13. The van der Waals surface area contributed by atoms with Gasteiger partial charge in [0.05, 0.1) is 0 Å². The molecule has 5 nitrogen and oxygen atoms in total. The van der Waals surface area contributed by atoms with Crippen molar-refractivity contribution in [3.63, 3.8) is 0 Å². The standard InChI is InChI=1S/C4H7N5.ClH.Pt/c5-2-3(6)8-1-9-4(2)7;;/h1H,5H2,(H4,6,7,8,9);1H;/p-1. The number of anilines is 3. The third-order valence-corrected chi connectivity index (χ3v) is 0.946. The minimum atomic E-state index is 0. The van der Waals surface area contributed by atoms with Gasteiger partial charge < -0.3 is 29.6 Å². The first-order valence-electron chi connectivity index (χ1n) is 2.33. The van der Waals surface area contributed by atoms with Crippen LogP contribution in [-0.4, -0.2) is 9.97 Å². The van der Waals surface area contributed by atoms with Crippen LogP contribution in [0.2, 0.25) is 0 Å². The van der Waals surface area contributed by atoms with Gasteiger partial charge in [0.25, 0.3) is 0 Å². The Labute approximate surface area is 84.4 Å². The minimum Gasteiger partial charge on any atom is -1.00 e. The molecular formula is C4H7ClN5Pt-. The largest absolute Gasteiger partial charge is 1.00 e. The molecule has 11 heavy (non-hydrogen) atoms. The molecule has 0 unspecified atom stereocenters. The molecule has 0 aliphatic heterocycles. The van der Waals surface area contributed by atoms with E-state index in [1.165, 1.54) is 6.33 Å². The fraction of sp³-hybridized carbons (Fsp3) is 0. The number of hydrogen-bond acceptors (Lipinski definition) is 5. The van der Waals surface area contributed by atoms with E-state index >= 15 is 0 Å². The van der Waals surface area contributed by atoms with Crippen molar-refractivity contribution in [1.82, 2.24) is 9.97 Å². The molecule has 0 fully saturated rings. The number of nitrogens with zero attached hydrogens (tertiary/aromatic N) is 2. The second-order valence-electron chi connectivity index (χ2n) is 1.56. The predicted octanol–water partition coefficient (Wildman–Crippen LogP) is -3.78. The van der Waals surface area contributed by atoms with Crippen LogP contribution < -0.4 is 29.6 Å². The molecule has 0 amide bonds. The van der Waals surface area contributed by atoms with Gasteiger partial charge in [-0.25, -0.2) is 9.97 Å². The third kappa shape index (κ3) is 2.90. The molecule has 0 aliphatic rings. The summed E-state index contributed by atoms with van der Waals surface area (Å²) in [5.74, 6) is 0.449. The van der Waals surface area contributed by atoms with Gasteiger partial charge in [0.15, 0.2) is 11.6 Å². The molecule has 66 valence electrons. The van der Waals surface area contributed by atoms with Crippen LogP contribution in [0.3, 0.4) is 0 Å². The Morgan fingerprint density at radius 1 is 1.00 bits per heavy atom. The van der Waals surface area contributed by atoms with Crippen LogP contribution in [0.1, 0.15) is 0 Å². The Bertz CT molecular complexity index is 209. The van der Waals surface area contributed by atoms with E-state index in [4.69, 9.17) is 17.2 Å². The van der Waals surface area contributed by atoms with Crippen molar-refractivity contribution >= 4 is 17.3 Å². The molecule has 0 aromatic carbocycles. The van der Waals surface area contributed by atoms with Crippen molar-refractivity contribution in [2.75, 3.05) is 17.2 Å². The number of nitrogen functional groups attached to an aromatic ring is 3. The van der Waals surface area contributed by atoms with E-state index in [0.29, 0.717) is 0 Å². The van der Waals surface area contributed by atoms with E-state index in [1.54, 1.807) is 0 Å². The smallest absolute Gasteiger partial charge is 0.152 e. The average Bonchev–Trinajstić information content (AvgIpc) is 1.83. The zero-order valence-electron chi connectivity index (χ0n) is 5.40. The summed E-state index contributed by atoms with van der Waals surface area (Å²) in [7, 11) is 0. The average molecular weight is 356 g/mol. The molecule has 1 aromatic rings. The van der Waals surface area contributed by atoms with Crippen LogP contribution in [0.4, 0.5) is 17.3 Å². The van der Waals surface area contributed by atoms with Gasteiger partial charge in [-0.15, -0.1) is 0 Å². The summed E-state index contributed by atoms with van der Waals surface area (Å²) in [6.45, 7) is 0. The molecule has 0 atom stereocenters. The Balaban J connectivity index is 0. The molecule has 0 bridgehead atoms. The van der Waals surface area contributed by atoms with Gasteiger partial charge in [0, 0.05) is 21.1 Å². The van der Waals surface area contributed by atoms with Crippen molar-refractivity contribution < 1.29 is 33.5 Å². The molecule has 0 saturated heterocycles. The second kappa shape index (κ2) is 5.15. The second-order valence-corrected chi connectivity index (χ2v) is 1.56. The van der Waals surface area contributed by atoms with E-state index in [2.05, 4.69) is 9.97 Å². The number of hydrogen-bond donors (Lipinski definition) is 3. The Hall–Kier alpha value is -0.542. The summed E-state index contributed by atoms with van der Waals surface area (Å²) < 4.78 is 0. The van der Waals surface area contributed by atoms with Gasteiger partial charge in [0.2, 0.25) is 0 Å². The summed E-state index contributed by atoms with van der Waals surface area (Å²) in [6.07, 6.45) is 1.26. The SMILES string of the molecule is Nc1ncnc(N)c1N.[Cl-].[Pt]. The summed E-state index contributed by atoms with van der Waals surface area (Å²) >= 11 is 0. The van der Waals surface area contributed by atoms with Crippen LogP contribution >= 0.6 is 0 Å². The van der Waals surface area contributed by atoms with E-state index < -0.39 is 0 Å². The van der Waals surface area contributed by atoms with Gasteiger partial charge in [-0.05, 0) is 0 Å². The molecule has 1 heterocycles. The Morgan fingerprint density at radius 3 is 1.64 bits per heavy atom. The monoisotopic (exact) mass is 355 g/mol. The molecule has 0 saturated carbocycles. The van der Waals surface area contributed by atoms with E-state index in [0.717, 1.165) is 0 Å². The molecule has 0 spiro atoms. The van der Waals surface area contributed by atoms with Gasteiger partial charge in [-0.2, -0.15) is 0 Å². The summed E-state index contributed by atoms with van der Waals surface area (Å²) in [4.78, 5) is 7.20. The first-order valence-corrected chi connectivity index (χ1v) is 2.33. The topological polar surface area (TPSA) is 104 Å². The minimum absolute atomic E-state index is 0. The quantitative estimate of drug-likeness (QED) is 0.443. The van der Waals surface area contributed by atoms with Gasteiger partial charge in [0.1, 0.15) is 12.0 Å². The van der Waals surface area contributed by atoms with Crippen molar-refractivity contribution in [2.24, 2.45) is 0 Å². The first kappa shape index (κ1) is 13.1. The zero-order valence-corrected chi connectivity index (χ0v) is 8.43. The van der Waals surface area contributed by atoms with Crippen LogP contribution in [0.25, 0.3) is 0 Å². The summed E-state index contributed by atoms with van der Waals surface area (Å²) in [5, 5.41) is 0. The molecule has 0 radical (unpaired) electrons. The van der Waals surface area contributed by atoms with Crippen LogP contribution in [0.15, 0.2) is 6.33 Å². The predicted molar refractivity (Wildman–Crippen MR) is 35.3 cm³/mol. The van der Waals surface area contributed by atoms with E-state index in [1.807, 2.05) is 0 Å².